The van der Waals surface area contributed by atoms with E-state index in [1.54, 1.807) is 30.9 Å². The quantitative estimate of drug-likeness (QED) is 0.249. The molecule has 13 heteroatoms. The SMILES string of the molecule is CC(CCOc1cncc(-c2cnc(C(=O)NC(CN3CCC(O)C3)c3cc(NS(=O)C4CC4)ccn3)s2)n1)C1CC1. The van der Waals surface area contributed by atoms with Crippen LogP contribution < -0.4 is 14.8 Å². The standard InChI is InChI=1S/C29H37N7O4S2/c1-18(19-2-3-19)8-11-40-27-15-30-13-24(33-27)26-14-32-29(41-26)28(38)34-25(17-36-10-7-21(37)16-36)23-12-20(6-9-31-23)35-42(39)22-4-5-22/h6,9,12-15,18-19,21-22,25,37H,2-5,7-8,10-11,16-17H2,1H3,(H,31,35)(H,34,38). The molecule has 0 aromatic carbocycles. The van der Waals surface area contributed by atoms with Gasteiger partial charge in [0.05, 0.1) is 47.0 Å². The lowest BCUT2D eigenvalue weighted by atomic mass is 10.0. The number of carbonyl (C=O) groups is 1. The van der Waals surface area contributed by atoms with Crippen molar-refractivity contribution < 1.29 is 18.8 Å². The van der Waals surface area contributed by atoms with E-state index in [2.05, 4.69) is 41.8 Å². The van der Waals surface area contributed by atoms with Gasteiger partial charge in [0, 0.05) is 37.7 Å². The zero-order chi connectivity index (χ0) is 29.1. The highest BCUT2D eigenvalue weighted by Crippen LogP contribution is 2.38. The number of aliphatic hydroxyl groups excluding tert-OH is 1. The summed E-state index contributed by atoms with van der Waals surface area (Å²) in [6.45, 7) is 4.62. The van der Waals surface area contributed by atoms with Crippen LogP contribution in [0.1, 0.15) is 67.0 Å². The molecule has 2 aliphatic carbocycles. The molecule has 3 aromatic rings. The van der Waals surface area contributed by atoms with Crippen molar-refractivity contribution in [3.05, 3.63) is 47.6 Å². The first-order valence-corrected chi connectivity index (χ1v) is 16.7. The van der Waals surface area contributed by atoms with Crippen LogP contribution in [0.15, 0.2) is 36.9 Å². The van der Waals surface area contributed by atoms with E-state index in [1.807, 2.05) is 6.07 Å². The Morgan fingerprint density at radius 2 is 2.07 bits per heavy atom. The monoisotopic (exact) mass is 611 g/mol. The van der Waals surface area contributed by atoms with Gasteiger partial charge in [0.15, 0.2) is 5.01 Å². The van der Waals surface area contributed by atoms with Crippen LogP contribution in [0, 0.1) is 11.8 Å². The second-order valence-electron chi connectivity index (χ2n) is 11.5. The molecule has 4 unspecified atom stereocenters. The fraction of sp³-hybridized carbons (Fsp3) is 0.552. The third kappa shape index (κ3) is 7.68. The number of carbonyl (C=O) groups excluding carboxylic acids is 1. The number of aromatic nitrogens is 4. The van der Waals surface area contributed by atoms with Crippen LogP contribution in [0.25, 0.3) is 10.6 Å². The molecule has 0 bridgehead atoms. The number of anilines is 1. The zero-order valence-corrected chi connectivity index (χ0v) is 25.3. The van der Waals surface area contributed by atoms with E-state index in [9.17, 15) is 14.1 Å². The molecule has 3 fully saturated rings. The Morgan fingerprint density at radius 1 is 1.21 bits per heavy atom. The Labute approximate surface area is 252 Å². The number of thiazole rings is 1. The number of ether oxygens (including phenoxy) is 1. The van der Waals surface area contributed by atoms with Gasteiger partial charge < -0.3 is 19.9 Å². The first kappa shape index (κ1) is 29.1. The van der Waals surface area contributed by atoms with Gasteiger partial charge in [0.2, 0.25) is 5.88 Å². The lowest BCUT2D eigenvalue weighted by Crippen LogP contribution is -2.38. The fourth-order valence-electron chi connectivity index (χ4n) is 5.14. The number of β-amino-alcohol motifs (C(OH)–C–C–N with tert-alkyl or cyclic N) is 1. The van der Waals surface area contributed by atoms with E-state index in [0.29, 0.717) is 60.0 Å². The molecule has 3 aromatic heterocycles. The van der Waals surface area contributed by atoms with Crippen LogP contribution in [-0.4, -0.2) is 77.7 Å². The summed E-state index contributed by atoms with van der Waals surface area (Å²) >= 11 is 1.24. The molecule has 0 radical (unpaired) electrons. The number of nitrogens with one attached hydrogen (secondary N) is 2. The molecule has 4 heterocycles. The van der Waals surface area contributed by atoms with Crippen molar-refractivity contribution in [3.63, 3.8) is 0 Å². The number of hydrogen-bond acceptors (Lipinski definition) is 10. The van der Waals surface area contributed by atoms with Crippen molar-refractivity contribution in [2.45, 2.75) is 62.8 Å². The predicted octanol–water partition coefficient (Wildman–Crippen LogP) is 3.59. The molecule has 3 N–H and O–H groups in total. The van der Waals surface area contributed by atoms with Crippen LogP contribution >= 0.6 is 11.3 Å². The maximum atomic E-state index is 13.4. The second-order valence-corrected chi connectivity index (χ2v) is 14.0. The number of nitrogens with zero attached hydrogens (tertiary/aromatic N) is 5. The number of pyridine rings is 1. The molecular formula is C29H37N7O4S2. The molecule has 6 rings (SSSR count). The Kier molecular flexibility index (Phi) is 9.08. The minimum Gasteiger partial charge on any atom is -0.477 e. The summed E-state index contributed by atoms with van der Waals surface area (Å²) in [5.74, 6) is 1.63. The van der Waals surface area contributed by atoms with Gasteiger partial charge in [-0.25, -0.2) is 14.2 Å². The maximum Gasteiger partial charge on any atom is 0.280 e. The normalized spacial score (nSPS) is 21.0. The number of amides is 1. The molecule has 4 atom stereocenters. The second kappa shape index (κ2) is 13.1. The summed E-state index contributed by atoms with van der Waals surface area (Å²) in [7, 11) is -1.14. The van der Waals surface area contributed by atoms with Crippen LogP contribution in [-0.2, 0) is 11.0 Å². The predicted molar refractivity (Wildman–Crippen MR) is 161 cm³/mol. The average molecular weight is 612 g/mol. The minimum atomic E-state index is -1.14. The molecule has 224 valence electrons. The Hall–Kier alpha value is -3.00. The Morgan fingerprint density at radius 3 is 2.83 bits per heavy atom. The third-order valence-corrected chi connectivity index (χ3v) is 10.5. The van der Waals surface area contributed by atoms with E-state index in [0.717, 1.165) is 36.6 Å². The summed E-state index contributed by atoms with van der Waals surface area (Å²) in [5, 5.41) is 13.6. The van der Waals surface area contributed by atoms with Crippen LogP contribution in [0.5, 0.6) is 5.88 Å². The summed E-state index contributed by atoms with van der Waals surface area (Å²) in [4.78, 5) is 34.0. The lowest BCUT2D eigenvalue weighted by molar-refractivity contribution is 0.0923. The minimum absolute atomic E-state index is 0.190. The molecule has 1 amide bonds. The summed E-state index contributed by atoms with van der Waals surface area (Å²) in [6, 6.07) is 3.15. The molecular weight excluding hydrogens is 574 g/mol. The molecule has 0 spiro atoms. The average Bonchev–Trinajstić information content (AvgIpc) is 3.92. The summed E-state index contributed by atoms with van der Waals surface area (Å²) in [5.41, 5.74) is 1.95. The van der Waals surface area contributed by atoms with Crippen LogP contribution in [0.4, 0.5) is 5.69 Å². The van der Waals surface area contributed by atoms with E-state index < -0.39 is 17.0 Å². The van der Waals surface area contributed by atoms with Crippen molar-refractivity contribution in [2.75, 3.05) is 31.0 Å². The first-order chi connectivity index (χ1) is 20.4. The van der Waals surface area contributed by atoms with E-state index >= 15 is 0 Å². The highest BCUT2D eigenvalue weighted by molar-refractivity contribution is 7.87. The van der Waals surface area contributed by atoms with E-state index in [-0.39, 0.29) is 17.3 Å². The van der Waals surface area contributed by atoms with Gasteiger partial charge in [0.25, 0.3) is 5.91 Å². The highest BCUT2D eigenvalue weighted by Gasteiger charge is 2.30. The van der Waals surface area contributed by atoms with Crippen LogP contribution in [0.2, 0.25) is 0 Å². The van der Waals surface area contributed by atoms with Crippen molar-refractivity contribution in [3.8, 4) is 16.5 Å². The highest BCUT2D eigenvalue weighted by atomic mass is 32.2. The van der Waals surface area contributed by atoms with Gasteiger partial charge in [0.1, 0.15) is 16.7 Å². The van der Waals surface area contributed by atoms with Crippen molar-refractivity contribution in [1.29, 1.82) is 0 Å². The van der Waals surface area contributed by atoms with Gasteiger partial charge in [-0.3, -0.25) is 19.7 Å². The number of rotatable bonds is 14. The maximum absolute atomic E-state index is 13.4. The molecule has 2 saturated carbocycles. The molecule has 3 aliphatic rings. The van der Waals surface area contributed by atoms with E-state index in [4.69, 9.17) is 4.74 Å². The third-order valence-electron chi connectivity index (χ3n) is 7.99. The summed E-state index contributed by atoms with van der Waals surface area (Å²) < 4.78 is 21.4. The van der Waals surface area contributed by atoms with Crippen LogP contribution in [0.3, 0.4) is 0 Å². The molecule has 42 heavy (non-hydrogen) atoms. The van der Waals surface area contributed by atoms with Gasteiger partial charge in [-0.1, -0.05) is 6.92 Å². The smallest absolute Gasteiger partial charge is 0.280 e. The van der Waals surface area contributed by atoms with Crippen molar-refractivity contribution in [1.82, 2.24) is 30.2 Å². The van der Waals surface area contributed by atoms with Gasteiger partial charge >= 0.3 is 0 Å². The van der Waals surface area contributed by atoms with Crippen molar-refractivity contribution >= 4 is 33.9 Å². The Bertz CT molecular complexity index is 1410. The number of likely N-dealkylation sites (tertiary alicyclic amines) is 1. The molecule has 1 saturated heterocycles. The van der Waals surface area contributed by atoms with Gasteiger partial charge in [-0.05, 0) is 62.5 Å². The molecule has 11 nitrogen and oxygen atoms in total. The summed E-state index contributed by atoms with van der Waals surface area (Å²) in [6.07, 6.45) is 12.4. The Balaban J connectivity index is 1.13. The molecule has 1 aliphatic heterocycles. The number of hydrogen-bond donors (Lipinski definition) is 3. The van der Waals surface area contributed by atoms with Gasteiger partial charge in [-0.15, -0.1) is 11.3 Å². The van der Waals surface area contributed by atoms with Gasteiger partial charge in [-0.2, -0.15) is 0 Å². The van der Waals surface area contributed by atoms with Crippen molar-refractivity contribution in [2.24, 2.45) is 11.8 Å². The lowest BCUT2D eigenvalue weighted by Gasteiger charge is -2.24. The fourth-order valence-corrected chi connectivity index (χ4v) is 7.00. The number of aliphatic hydroxyl groups is 1. The largest absolute Gasteiger partial charge is 0.477 e. The topological polar surface area (TPSA) is 142 Å². The first-order valence-electron chi connectivity index (χ1n) is 14.7. The van der Waals surface area contributed by atoms with E-state index in [1.165, 1.54) is 24.2 Å². The zero-order valence-electron chi connectivity index (χ0n) is 23.6.